The molecule has 2 rings (SSSR count). The fraction of sp³-hybridized carbons (Fsp3) is 0.263. The number of para-hydroxylation sites is 2. The molecule has 0 aliphatic rings. The largest absolute Gasteiger partial charge is 0.489 e. The maximum atomic E-state index is 12.2. The van der Waals surface area contributed by atoms with Crippen molar-refractivity contribution in [1.82, 2.24) is 0 Å². The van der Waals surface area contributed by atoms with Gasteiger partial charge in [-0.1, -0.05) is 41.6 Å². The Kier molecular flexibility index (Phi) is 6.37. The second kappa shape index (κ2) is 8.72. The highest BCUT2D eigenvalue weighted by Gasteiger charge is 2.13. The smallest absolute Gasteiger partial charge is 0.272 e. The van der Waals surface area contributed by atoms with E-state index >= 15 is 0 Å². The van der Waals surface area contributed by atoms with Crippen LogP contribution in [0.15, 0.2) is 53.7 Å². The lowest BCUT2D eigenvalue weighted by atomic mass is 10.1. The molecule has 0 aromatic heterocycles. The highest BCUT2D eigenvalue weighted by molar-refractivity contribution is 6.32. The van der Waals surface area contributed by atoms with Gasteiger partial charge in [-0.2, -0.15) is 0 Å². The Morgan fingerprint density at radius 2 is 1.88 bits per heavy atom. The number of nitrogens with zero attached hydrogens (tertiary/aromatic N) is 2. The summed E-state index contributed by atoms with van der Waals surface area (Å²) in [5.74, 6) is 0.575. The molecule has 0 bridgehead atoms. The monoisotopic (exact) mass is 326 g/mol. The number of rotatable bonds is 7. The first kappa shape index (κ1) is 17.5. The Morgan fingerprint density at radius 1 is 1.17 bits per heavy atom. The summed E-state index contributed by atoms with van der Waals surface area (Å²) >= 11 is 0. The van der Waals surface area contributed by atoms with E-state index < -0.39 is 0 Å². The lowest BCUT2D eigenvalue weighted by molar-refractivity contribution is -0.112. The molecule has 1 amide bonds. The van der Waals surface area contributed by atoms with Crippen LogP contribution in [0.4, 0.5) is 5.69 Å². The van der Waals surface area contributed by atoms with Crippen LogP contribution in [0.2, 0.25) is 0 Å². The molecule has 0 aliphatic carbocycles. The van der Waals surface area contributed by atoms with E-state index in [1.165, 1.54) is 11.1 Å². The van der Waals surface area contributed by atoms with Gasteiger partial charge in [-0.3, -0.25) is 4.79 Å². The van der Waals surface area contributed by atoms with E-state index in [-0.39, 0.29) is 5.91 Å². The minimum atomic E-state index is -0.258. The minimum absolute atomic E-state index is 0.258. The number of anilines is 1. The highest BCUT2D eigenvalue weighted by atomic mass is 16.6. The average molecular weight is 326 g/mol. The molecule has 0 radical (unpaired) electrons. The van der Waals surface area contributed by atoms with Gasteiger partial charge < -0.3 is 14.5 Å². The predicted molar refractivity (Wildman–Crippen MR) is 95.5 cm³/mol. The van der Waals surface area contributed by atoms with Crippen molar-refractivity contribution in [3.63, 3.8) is 0 Å². The fourth-order valence-corrected chi connectivity index (χ4v) is 2.20. The van der Waals surface area contributed by atoms with Crippen LogP contribution in [0.25, 0.3) is 0 Å². The molecule has 0 saturated heterocycles. The third-order valence-corrected chi connectivity index (χ3v) is 3.53. The maximum absolute atomic E-state index is 12.2. The molecular weight excluding hydrogens is 304 g/mol. The van der Waals surface area contributed by atoms with Crippen molar-refractivity contribution in [3.05, 3.63) is 59.7 Å². The summed E-state index contributed by atoms with van der Waals surface area (Å²) in [6, 6.07) is 15.5. The minimum Gasteiger partial charge on any atom is -0.489 e. The van der Waals surface area contributed by atoms with Crippen LogP contribution in [-0.4, -0.2) is 25.8 Å². The second-order valence-corrected chi connectivity index (χ2v) is 5.23. The fourth-order valence-electron chi connectivity index (χ4n) is 2.20. The van der Waals surface area contributed by atoms with Gasteiger partial charge in [0.15, 0.2) is 0 Å². The highest BCUT2D eigenvalue weighted by Crippen LogP contribution is 2.23. The van der Waals surface area contributed by atoms with Gasteiger partial charge in [-0.15, -0.1) is 0 Å². The van der Waals surface area contributed by atoms with Crippen LogP contribution in [0.3, 0.4) is 0 Å². The van der Waals surface area contributed by atoms with Crippen LogP contribution in [0.5, 0.6) is 5.75 Å². The van der Waals surface area contributed by atoms with Crippen LogP contribution in [0.1, 0.15) is 18.1 Å². The third-order valence-electron chi connectivity index (χ3n) is 3.53. The molecular formula is C19H22N2O3. The normalized spacial score (nSPS) is 10.6. The number of carbonyl (C=O) groups excluding carboxylic acids is 1. The van der Waals surface area contributed by atoms with Crippen LogP contribution in [-0.2, 0) is 16.2 Å². The van der Waals surface area contributed by atoms with Crippen molar-refractivity contribution in [3.8, 4) is 5.75 Å². The summed E-state index contributed by atoms with van der Waals surface area (Å²) in [7, 11) is 1.70. The Balaban J connectivity index is 2.12. The van der Waals surface area contributed by atoms with E-state index in [2.05, 4.69) is 5.16 Å². The molecule has 0 spiro atoms. The van der Waals surface area contributed by atoms with Gasteiger partial charge in [0.25, 0.3) is 5.91 Å². The SMILES string of the molecule is CCON=CC(=O)N(C)c1ccccc1COc1ccccc1C. The van der Waals surface area contributed by atoms with Crippen molar-refractivity contribution in [2.75, 3.05) is 18.6 Å². The van der Waals surface area contributed by atoms with E-state index in [4.69, 9.17) is 9.57 Å². The summed E-state index contributed by atoms with van der Waals surface area (Å²) < 4.78 is 5.90. The molecule has 0 unspecified atom stereocenters. The van der Waals surface area contributed by atoms with Crippen LogP contribution < -0.4 is 9.64 Å². The van der Waals surface area contributed by atoms with Crippen LogP contribution >= 0.6 is 0 Å². The zero-order chi connectivity index (χ0) is 17.4. The summed E-state index contributed by atoms with van der Waals surface area (Å²) in [4.78, 5) is 18.5. The van der Waals surface area contributed by atoms with Crippen molar-refractivity contribution >= 4 is 17.8 Å². The molecule has 0 N–H and O–H groups in total. The first-order chi connectivity index (χ1) is 11.6. The molecule has 5 nitrogen and oxygen atoms in total. The third kappa shape index (κ3) is 4.59. The molecule has 5 heteroatoms. The number of benzene rings is 2. The molecule has 24 heavy (non-hydrogen) atoms. The zero-order valence-corrected chi connectivity index (χ0v) is 14.2. The topological polar surface area (TPSA) is 51.1 Å². The standard InChI is InChI=1S/C19H22N2O3/c1-4-24-20-13-19(22)21(3)17-11-7-6-10-16(17)14-23-18-12-8-5-9-15(18)2/h5-13H,4,14H2,1-3H3. The summed E-state index contributed by atoms with van der Waals surface area (Å²) in [5, 5.41) is 3.62. The number of ether oxygens (including phenoxy) is 1. The molecule has 126 valence electrons. The molecule has 0 atom stereocenters. The number of carbonyl (C=O) groups is 1. The van der Waals surface area contributed by atoms with E-state index in [9.17, 15) is 4.79 Å². The molecule has 0 heterocycles. The Hall–Kier alpha value is -2.82. The second-order valence-electron chi connectivity index (χ2n) is 5.23. The summed E-state index contributed by atoms with van der Waals surface area (Å²) in [5.41, 5.74) is 2.77. The molecule has 0 fully saturated rings. The van der Waals surface area contributed by atoms with Gasteiger partial charge in [0.2, 0.25) is 0 Å². The number of oxime groups is 1. The zero-order valence-electron chi connectivity index (χ0n) is 14.2. The number of hydrogen-bond donors (Lipinski definition) is 0. The predicted octanol–water partition coefficient (Wildman–Crippen LogP) is 3.56. The van der Waals surface area contributed by atoms with Gasteiger partial charge in [-0.25, -0.2) is 0 Å². The number of hydrogen-bond acceptors (Lipinski definition) is 4. The van der Waals surface area contributed by atoms with Gasteiger partial charge in [-0.05, 0) is 31.5 Å². The Morgan fingerprint density at radius 3 is 2.62 bits per heavy atom. The Bertz CT molecular complexity index is 713. The van der Waals surface area contributed by atoms with E-state index in [0.717, 1.165) is 22.6 Å². The van der Waals surface area contributed by atoms with Crippen molar-refractivity contribution in [1.29, 1.82) is 0 Å². The van der Waals surface area contributed by atoms with Gasteiger partial charge in [0.05, 0.1) is 5.69 Å². The average Bonchev–Trinajstić information content (AvgIpc) is 2.61. The Labute approximate surface area is 142 Å². The number of amides is 1. The molecule has 2 aromatic carbocycles. The molecule has 0 aliphatic heterocycles. The van der Waals surface area contributed by atoms with Crippen molar-refractivity contribution in [2.45, 2.75) is 20.5 Å². The van der Waals surface area contributed by atoms with Gasteiger partial charge in [0, 0.05) is 12.6 Å². The van der Waals surface area contributed by atoms with Crippen LogP contribution in [0, 0.1) is 6.92 Å². The van der Waals surface area contributed by atoms with Gasteiger partial charge >= 0.3 is 0 Å². The summed E-state index contributed by atoms with van der Waals surface area (Å²) in [6.07, 6.45) is 1.17. The van der Waals surface area contributed by atoms with E-state index in [1.807, 2.05) is 62.4 Å². The quantitative estimate of drug-likeness (QED) is 0.577. The van der Waals surface area contributed by atoms with Crippen molar-refractivity contribution < 1.29 is 14.4 Å². The van der Waals surface area contributed by atoms with Gasteiger partial charge in [0.1, 0.15) is 25.2 Å². The summed E-state index contributed by atoms with van der Waals surface area (Å²) in [6.45, 7) is 4.61. The van der Waals surface area contributed by atoms with E-state index in [0.29, 0.717) is 13.2 Å². The lowest BCUT2D eigenvalue weighted by Gasteiger charge is -2.19. The first-order valence-electron chi connectivity index (χ1n) is 7.82. The molecule has 2 aromatic rings. The number of aryl methyl sites for hydroxylation is 1. The van der Waals surface area contributed by atoms with E-state index in [1.54, 1.807) is 7.05 Å². The van der Waals surface area contributed by atoms with Crippen molar-refractivity contribution in [2.24, 2.45) is 5.16 Å². The lowest BCUT2D eigenvalue weighted by Crippen LogP contribution is -2.28. The first-order valence-corrected chi connectivity index (χ1v) is 7.82. The molecule has 0 saturated carbocycles. The maximum Gasteiger partial charge on any atom is 0.272 e.